The quantitative estimate of drug-likeness (QED) is 0.272. The summed E-state index contributed by atoms with van der Waals surface area (Å²) in [6.45, 7) is -0.216. The molecule has 0 radical (unpaired) electrons. The average Bonchev–Trinajstić information content (AvgIpc) is 2.17. The van der Waals surface area contributed by atoms with Gasteiger partial charge in [-0.2, -0.15) is 0 Å². The minimum Gasteiger partial charge on any atom is -0.395 e. The summed E-state index contributed by atoms with van der Waals surface area (Å²) in [4.78, 5) is 0. The fourth-order valence-corrected chi connectivity index (χ4v) is 1.04. The van der Waals surface area contributed by atoms with Crippen molar-refractivity contribution in [2.45, 2.75) is 24.4 Å². The number of hydrogen-bond acceptors (Lipinski definition) is 5. The van der Waals surface area contributed by atoms with Gasteiger partial charge in [-0.1, -0.05) is 0 Å². The Kier molecular flexibility index (Phi) is 2.22. The summed E-state index contributed by atoms with van der Waals surface area (Å²) in [7, 11) is 0. The second kappa shape index (κ2) is 2.81. The van der Waals surface area contributed by atoms with Crippen LogP contribution in [0.3, 0.4) is 0 Å². The maximum absolute atomic E-state index is 9.12. The molecule has 1 heterocycles. The monoisotopic (exact) mass is 148 g/mol. The van der Waals surface area contributed by atoms with E-state index in [-0.39, 0.29) is 6.61 Å². The van der Waals surface area contributed by atoms with Gasteiger partial charge in [-0.25, -0.2) is 0 Å². The smallest absolute Gasteiger partial charge is 0.123 e. The zero-order valence-electron chi connectivity index (χ0n) is 5.44. The van der Waals surface area contributed by atoms with Crippen molar-refractivity contribution in [1.29, 1.82) is 0 Å². The lowest BCUT2D eigenvalue weighted by molar-refractivity contribution is 0.0960. The molecule has 0 amide bonds. The van der Waals surface area contributed by atoms with Crippen LogP contribution in [-0.4, -0.2) is 46.3 Å². The maximum atomic E-state index is 9.12. The molecule has 0 aromatic carbocycles. The van der Waals surface area contributed by atoms with Gasteiger partial charge in [0.2, 0.25) is 0 Å². The Morgan fingerprint density at radius 1 is 1.40 bits per heavy atom. The van der Waals surface area contributed by atoms with Gasteiger partial charge in [-0.15, -0.1) is 0 Å². The molecule has 1 fully saturated rings. The summed E-state index contributed by atoms with van der Waals surface area (Å²) in [5, 5.41) is 29.2. The molecule has 1 saturated heterocycles. The molecule has 1 aliphatic heterocycles. The Bertz CT molecular complexity index is 121. The van der Waals surface area contributed by atoms with Crippen LogP contribution in [-0.2, 0) is 0 Å². The minimum atomic E-state index is -0.910. The molecular weight excluding hydrogens is 136 g/mol. The van der Waals surface area contributed by atoms with E-state index in [9.17, 15) is 0 Å². The molecule has 0 aromatic rings. The molecule has 0 spiro atoms. The van der Waals surface area contributed by atoms with Crippen molar-refractivity contribution in [3.63, 3.8) is 0 Å². The molecule has 4 atom stereocenters. The molecule has 5 heteroatoms. The van der Waals surface area contributed by atoms with E-state index in [0.717, 1.165) is 0 Å². The molecule has 60 valence electrons. The molecule has 0 aliphatic carbocycles. The second-order valence-electron chi connectivity index (χ2n) is 2.47. The van der Waals surface area contributed by atoms with E-state index in [1.165, 1.54) is 0 Å². The van der Waals surface area contributed by atoms with Crippen LogP contribution in [0.2, 0.25) is 0 Å². The summed E-state index contributed by atoms with van der Waals surface area (Å²) in [6.07, 6.45) is -1.77. The highest BCUT2D eigenvalue weighted by Gasteiger charge is 2.37. The zero-order chi connectivity index (χ0) is 7.72. The maximum Gasteiger partial charge on any atom is 0.123 e. The SMILES string of the molecule is N[C@H]1[C@@H](O)[C@H](CO)N[C@@H]1O. The number of aliphatic hydroxyl groups is 3. The standard InChI is InChI=1S/C5H12N2O3/c6-3-4(9)2(1-8)7-5(3)10/h2-5,7-10H,1,6H2/t2-,3-,4-,5+/m0/s1. The van der Waals surface area contributed by atoms with Gasteiger partial charge >= 0.3 is 0 Å². The van der Waals surface area contributed by atoms with Crippen molar-refractivity contribution in [1.82, 2.24) is 5.32 Å². The normalized spacial score (nSPS) is 48.0. The average molecular weight is 148 g/mol. The molecule has 5 nitrogen and oxygen atoms in total. The van der Waals surface area contributed by atoms with E-state index in [1.54, 1.807) is 0 Å². The predicted molar refractivity (Wildman–Crippen MR) is 34.0 cm³/mol. The summed E-state index contributed by atoms with van der Waals surface area (Å²) >= 11 is 0. The van der Waals surface area contributed by atoms with E-state index < -0.39 is 24.4 Å². The Morgan fingerprint density at radius 3 is 2.20 bits per heavy atom. The van der Waals surface area contributed by atoms with Gasteiger partial charge in [0.1, 0.15) is 6.23 Å². The predicted octanol–water partition coefficient (Wildman–Crippen LogP) is -3.04. The highest BCUT2D eigenvalue weighted by Crippen LogP contribution is 2.09. The van der Waals surface area contributed by atoms with Crippen LogP contribution < -0.4 is 11.1 Å². The molecule has 10 heavy (non-hydrogen) atoms. The van der Waals surface area contributed by atoms with Crippen molar-refractivity contribution in [2.24, 2.45) is 5.73 Å². The van der Waals surface area contributed by atoms with Crippen LogP contribution in [0.25, 0.3) is 0 Å². The van der Waals surface area contributed by atoms with Gasteiger partial charge in [-0.05, 0) is 0 Å². The number of nitrogens with one attached hydrogen (secondary N) is 1. The van der Waals surface area contributed by atoms with Gasteiger partial charge in [0, 0.05) is 0 Å². The van der Waals surface area contributed by atoms with Crippen LogP contribution >= 0.6 is 0 Å². The van der Waals surface area contributed by atoms with E-state index >= 15 is 0 Å². The molecule has 0 saturated carbocycles. The van der Waals surface area contributed by atoms with Gasteiger partial charge in [0.15, 0.2) is 0 Å². The highest BCUT2D eigenvalue weighted by molar-refractivity contribution is 4.95. The second-order valence-corrected chi connectivity index (χ2v) is 2.47. The first-order chi connectivity index (χ1) is 4.66. The van der Waals surface area contributed by atoms with E-state index in [0.29, 0.717) is 0 Å². The molecule has 6 N–H and O–H groups in total. The molecular formula is C5H12N2O3. The summed E-state index contributed by atoms with van der Waals surface area (Å²) in [6, 6.07) is -1.19. The minimum absolute atomic E-state index is 0.216. The Labute approximate surface area is 58.5 Å². The molecule has 0 unspecified atom stereocenters. The first-order valence-electron chi connectivity index (χ1n) is 3.15. The Morgan fingerprint density at radius 2 is 2.00 bits per heavy atom. The fourth-order valence-electron chi connectivity index (χ4n) is 1.04. The van der Waals surface area contributed by atoms with Crippen molar-refractivity contribution < 1.29 is 15.3 Å². The van der Waals surface area contributed by atoms with Gasteiger partial charge in [0.25, 0.3) is 0 Å². The molecule has 0 bridgehead atoms. The topological polar surface area (TPSA) is 98.7 Å². The third-order valence-electron chi connectivity index (χ3n) is 1.75. The highest BCUT2D eigenvalue weighted by atomic mass is 16.3. The van der Waals surface area contributed by atoms with Crippen LogP contribution in [0.4, 0.5) is 0 Å². The largest absolute Gasteiger partial charge is 0.395 e. The van der Waals surface area contributed by atoms with E-state index in [4.69, 9.17) is 21.1 Å². The van der Waals surface area contributed by atoms with Gasteiger partial charge in [-0.3, -0.25) is 5.32 Å². The third kappa shape index (κ3) is 1.14. The Hall–Kier alpha value is -0.200. The van der Waals surface area contributed by atoms with Crippen LogP contribution in [0.5, 0.6) is 0 Å². The van der Waals surface area contributed by atoms with Crippen molar-refractivity contribution in [2.75, 3.05) is 6.61 Å². The number of hydrogen-bond donors (Lipinski definition) is 5. The molecule has 1 aliphatic rings. The van der Waals surface area contributed by atoms with E-state index in [1.807, 2.05) is 0 Å². The van der Waals surface area contributed by atoms with Crippen molar-refractivity contribution in [3.05, 3.63) is 0 Å². The fraction of sp³-hybridized carbons (Fsp3) is 1.00. The lowest BCUT2D eigenvalue weighted by atomic mass is 10.1. The third-order valence-corrected chi connectivity index (χ3v) is 1.75. The van der Waals surface area contributed by atoms with Gasteiger partial charge in [0.05, 0.1) is 24.8 Å². The van der Waals surface area contributed by atoms with Gasteiger partial charge < -0.3 is 21.1 Å². The first kappa shape index (κ1) is 7.90. The van der Waals surface area contributed by atoms with Crippen molar-refractivity contribution in [3.8, 4) is 0 Å². The number of aliphatic hydroxyl groups excluding tert-OH is 3. The van der Waals surface area contributed by atoms with E-state index in [2.05, 4.69) is 5.32 Å². The molecule has 0 aromatic heterocycles. The summed E-state index contributed by atoms with van der Waals surface area (Å²) in [5.41, 5.74) is 5.31. The van der Waals surface area contributed by atoms with Crippen LogP contribution in [0.15, 0.2) is 0 Å². The number of nitrogens with two attached hydrogens (primary N) is 1. The lowest BCUT2D eigenvalue weighted by Crippen LogP contribution is -2.41. The Balaban J connectivity index is 2.53. The summed E-state index contributed by atoms with van der Waals surface area (Å²) < 4.78 is 0. The van der Waals surface area contributed by atoms with Crippen LogP contribution in [0.1, 0.15) is 0 Å². The lowest BCUT2D eigenvalue weighted by Gasteiger charge is -2.12. The first-order valence-corrected chi connectivity index (χ1v) is 3.15. The number of rotatable bonds is 1. The van der Waals surface area contributed by atoms with Crippen LogP contribution in [0, 0.1) is 0 Å². The summed E-state index contributed by atoms with van der Waals surface area (Å²) in [5.74, 6) is 0. The zero-order valence-corrected chi connectivity index (χ0v) is 5.44. The molecule has 1 rings (SSSR count). The van der Waals surface area contributed by atoms with Crippen molar-refractivity contribution >= 4 is 0 Å².